The highest BCUT2D eigenvalue weighted by Crippen LogP contribution is 2.58. The molecule has 3 heteroatoms. The first-order valence-corrected chi connectivity index (χ1v) is 21.2. The highest BCUT2D eigenvalue weighted by atomic mass is 16.5. The van der Waals surface area contributed by atoms with Crippen LogP contribution in [0, 0.1) is 0 Å². The fraction of sp³-hybridized carbons (Fsp3) is 0.0690. The summed E-state index contributed by atoms with van der Waals surface area (Å²) in [4.78, 5) is 2.47. The second-order valence-corrected chi connectivity index (χ2v) is 16.9. The summed E-state index contributed by atoms with van der Waals surface area (Å²) in [6.45, 7) is 4.66. The van der Waals surface area contributed by atoms with E-state index in [2.05, 4.69) is 242 Å². The van der Waals surface area contributed by atoms with Gasteiger partial charge in [0.05, 0.1) is 22.1 Å². The van der Waals surface area contributed by atoms with Crippen LogP contribution in [0.5, 0.6) is 11.5 Å². The number of anilines is 3. The Hall–Kier alpha value is -7.62. The lowest BCUT2D eigenvalue weighted by Crippen LogP contribution is -2.29. The molecule has 9 aromatic carbocycles. The fourth-order valence-electron chi connectivity index (χ4n) is 10.7. The molecule has 0 unspecified atom stereocenters. The largest absolute Gasteiger partial charge is 0.457 e. The zero-order valence-electron chi connectivity index (χ0n) is 34.1. The lowest BCUT2D eigenvalue weighted by molar-refractivity contribution is 0.418. The minimum Gasteiger partial charge on any atom is -0.457 e. The first kappa shape index (κ1) is 35.3. The summed E-state index contributed by atoms with van der Waals surface area (Å²) in [7, 11) is 0. The van der Waals surface area contributed by atoms with Crippen molar-refractivity contribution in [2.45, 2.75) is 24.7 Å². The van der Waals surface area contributed by atoms with E-state index in [1.54, 1.807) is 0 Å². The van der Waals surface area contributed by atoms with Crippen molar-refractivity contribution in [2.24, 2.45) is 0 Å². The van der Waals surface area contributed by atoms with Crippen molar-refractivity contribution in [1.29, 1.82) is 0 Å². The highest BCUT2D eigenvalue weighted by molar-refractivity contribution is 6.10. The van der Waals surface area contributed by atoms with Gasteiger partial charge in [0, 0.05) is 44.4 Å². The second-order valence-electron chi connectivity index (χ2n) is 16.9. The lowest BCUT2D eigenvalue weighted by atomic mass is 9.67. The van der Waals surface area contributed by atoms with Crippen molar-refractivity contribution in [1.82, 2.24) is 4.57 Å². The Morgan fingerprint density at radius 1 is 0.426 bits per heavy atom. The van der Waals surface area contributed by atoms with Gasteiger partial charge in [0.25, 0.3) is 0 Å². The molecule has 10 aromatic rings. The van der Waals surface area contributed by atoms with E-state index in [-0.39, 0.29) is 5.41 Å². The smallest absolute Gasteiger partial charge is 0.133 e. The second kappa shape index (κ2) is 13.5. The fourth-order valence-corrected chi connectivity index (χ4v) is 10.7. The Morgan fingerprint density at radius 2 is 1.00 bits per heavy atom. The van der Waals surface area contributed by atoms with Crippen LogP contribution in [0.1, 0.15) is 47.2 Å². The topological polar surface area (TPSA) is 17.4 Å². The average molecular weight is 783 g/mol. The predicted octanol–water partition coefficient (Wildman–Crippen LogP) is 15.0. The molecule has 0 bridgehead atoms. The van der Waals surface area contributed by atoms with Crippen molar-refractivity contribution in [3.63, 3.8) is 0 Å². The van der Waals surface area contributed by atoms with Gasteiger partial charge in [0.15, 0.2) is 0 Å². The van der Waals surface area contributed by atoms with E-state index in [0.29, 0.717) is 0 Å². The molecular formula is C58H42N2O. The van der Waals surface area contributed by atoms with Crippen LogP contribution in [-0.4, -0.2) is 4.57 Å². The third-order valence-corrected chi connectivity index (χ3v) is 13.3. The van der Waals surface area contributed by atoms with Gasteiger partial charge in [-0.2, -0.15) is 0 Å². The van der Waals surface area contributed by atoms with Crippen molar-refractivity contribution >= 4 is 38.9 Å². The molecular weight excluding hydrogens is 741 g/mol. The number of rotatable bonds is 6. The Kier molecular flexibility index (Phi) is 7.79. The number of aromatic nitrogens is 1. The minimum atomic E-state index is -0.544. The van der Waals surface area contributed by atoms with Crippen molar-refractivity contribution in [3.8, 4) is 28.3 Å². The maximum atomic E-state index is 6.79. The van der Waals surface area contributed by atoms with Crippen LogP contribution >= 0.6 is 0 Å². The summed E-state index contributed by atoms with van der Waals surface area (Å²) in [6.07, 6.45) is 0. The van der Waals surface area contributed by atoms with E-state index >= 15 is 0 Å². The van der Waals surface area contributed by atoms with Crippen LogP contribution in [0.4, 0.5) is 17.1 Å². The van der Waals surface area contributed by atoms with E-state index in [0.717, 1.165) is 45.3 Å². The minimum absolute atomic E-state index is 0.367. The van der Waals surface area contributed by atoms with Gasteiger partial charge in [-0.1, -0.05) is 172 Å². The van der Waals surface area contributed by atoms with E-state index < -0.39 is 5.41 Å². The van der Waals surface area contributed by atoms with Crippen LogP contribution in [0.3, 0.4) is 0 Å². The number of fused-ring (bicyclic) bond motifs is 8. The highest BCUT2D eigenvalue weighted by Gasteiger charge is 2.46. The predicted molar refractivity (Wildman–Crippen MR) is 251 cm³/mol. The summed E-state index contributed by atoms with van der Waals surface area (Å²) >= 11 is 0. The molecule has 0 fully saturated rings. The van der Waals surface area contributed by atoms with Gasteiger partial charge in [-0.05, 0) is 94.0 Å². The Balaban J connectivity index is 1.16. The molecule has 0 spiro atoms. The Bertz CT molecular complexity index is 3280. The molecule has 0 amide bonds. The zero-order chi connectivity index (χ0) is 40.7. The zero-order valence-corrected chi connectivity index (χ0v) is 34.1. The molecule has 3 nitrogen and oxygen atoms in total. The number of hydrogen-bond donors (Lipinski definition) is 0. The van der Waals surface area contributed by atoms with Crippen LogP contribution in [0.25, 0.3) is 38.6 Å². The number of para-hydroxylation sites is 3. The molecule has 0 radical (unpaired) electrons. The van der Waals surface area contributed by atoms with E-state index in [1.165, 1.54) is 55.2 Å². The summed E-state index contributed by atoms with van der Waals surface area (Å²) in [5.41, 5.74) is 15.7. The maximum Gasteiger partial charge on any atom is 0.133 e. The third-order valence-electron chi connectivity index (χ3n) is 13.3. The molecule has 0 atom stereocenters. The molecule has 1 aliphatic heterocycles. The van der Waals surface area contributed by atoms with Gasteiger partial charge in [-0.3, -0.25) is 0 Å². The third kappa shape index (κ3) is 5.10. The van der Waals surface area contributed by atoms with E-state index in [1.807, 2.05) is 0 Å². The number of benzene rings is 9. The molecule has 0 saturated heterocycles. The molecule has 61 heavy (non-hydrogen) atoms. The molecule has 0 N–H and O–H groups in total. The van der Waals surface area contributed by atoms with Gasteiger partial charge in [-0.15, -0.1) is 0 Å². The first-order chi connectivity index (χ1) is 30.0. The van der Waals surface area contributed by atoms with Crippen molar-refractivity contribution in [3.05, 3.63) is 252 Å². The monoisotopic (exact) mass is 782 g/mol. The van der Waals surface area contributed by atoms with Crippen molar-refractivity contribution in [2.75, 3.05) is 4.90 Å². The van der Waals surface area contributed by atoms with E-state index in [4.69, 9.17) is 4.74 Å². The van der Waals surface area contributed by atoms with Gasteiger partial charge >= 0.3 is 0 Å². The van der Waals surface area contributed by atoms with Crippen LogP contribution in [-0.2, 0) is 10.8 Å². The number of hydrogen-bond acceptors (Lipinski definition) is 2. The number of nitrogens with zero attached hydrogens (tertiary/aromatic N) is 2. The first-order valence-electron chi connectivity index (χ1n) is 21.2. The normalized spacial score (nSPS) is 14.1. The molecule has 2 heterocycles. The van der Waals surface area contributed by atoms with Gasteiger partial charge in [-0.25, -0.2) is 0 Å². The van der Waals surface area contributed by atoms with E-state index in [9.17, 15) is 0 Å². The molecule has 2 aliphatic rings. The Morgan fingerprint density at radius 3 is 1.77 bits per heavy atom. The van der Waals surface area contributed by atoms with Gasteiger partial charge < -0.3 is 14.2 Å². The summed E-state index contributed by atoms with van der Waals surface area (Å²) in [6, 6.07) is 79.8. The number of ether oxygens (including phenoxy) is 1. The average Bonchev–Trinajstić information content (AvgIpc) is 3.80. The van der Waals surface area contributed by atoms with Crippen LogP contribution in [0.15, 0.2) is 218 Å². The standard InChI is InChI=1S/C58H42N2O/c1-57(2)50-30-14-16-33-54(50)61-55-34-18-32-52(56(55)57)59(43-35-36-47-46-27-11-15-31-51(46)60(53(47)38-43)41-22-7-4-8-23-41)42-24-17-21-40(37-42)58(39-19-5-3-6-20-39)48-28-12-9-25-44(48)45-26-10-13-29-49(45)58/h3-38H,1-2H3. The molecule has 1 aromatic heterocycles. The molecule has 12 rings (SSSR count). The molecule has 0 saturated carbocycles. The summed E-state index contributed by atoms with van der Waals surface area (Å²) < 4.78 is 9.19. The maximum absolute atomic E-state index is 6.79. The van der Waals surface area contributed by atoms with Crippen LogP contribution < -0.4 is 9.64 Å². The van der Waals surface area contributed by atoms with Crippen LogP contribution in [0.2, 0.25) is 0 Å². The lowest BCUT2D eigenvalue weighted by Gasteiger charge is -2.39. The summed E-state index contributed by atoms with van der Waals surface area (Å²) in [5.74, 6) is 1.78. The quantitative estimate of drug-likeness (QED) is 0.167. The summed E-state index contributed by atoms with van der Waals surface area (Å²) in [5, 5.41) is 2.44. The van der Waals surface area contributed by atoms with Crippen molar-refractivity contribution < 1.29 is 4.74 Å². The Labute approximate surface area is 356 Å². The molecule has 1 aliphatic carbocycles. The SMILES string of the molecule is CC1(C)c2ccccc2Oc2cccc(N(c3cccc(C4(c5ccccc5)c5ccccc5-c5ccccc54)c3)c3ccc4c5ccccc5n(-c5ccccc5)c4c3)c21. The van der Waals surface area contributed by atoms with Gasteiger partial charge in [0.1, 0.15) is 11.5 Å². The van der Waals surface area contributed by atoms with Gasteiger partial charge in [0.2, 0.25) is 0 Å². The molecule has 290 valence electrons.